The van der Waals surface area contributed by atoms with E-state index in [1.165, 1.54) is 64.5 Å². The third-order valence-electron chi connectivity index (χ3n) is 5.04. The van der Waals surface area contributed by atoms with Gasteiger partial charge >= 0.3 is 0 Å². The van der Waals surface area contributed by atoms with Gasteiger partial charge in [-0.1, -0.05) is 25.7 Å². The van der Waals surface area contributed by atoms with Crippen molar-refractivity contribution in [2.45, 2.75) is 76.9 Å². The smallest absolute Gasteiger partial charge is 0.0524 e. The predicted octanol–water partition coefficient (Wildman–Crippen LogP) is 2.78. The Hall–Kier alpha value is -0.120. The first-order valence-corrected chi connectivity index (χ1v) is 8.70. The first-order valence-electron chi connectivity index (χ1n) is 8.70. The lowest BCUT2D eigenvalue weighted by Crippen LogP contribution is -2.44. The van der Waals surface area contributed by atoms with Crippen LogP contribution < -0.4 is 5.32 Å². The van der Waals surface area contributed by atoms with Gasteiger partial charge in [-0.25, -0.2) is 0 Å². The SMILES string of the molecule is CC(O)CCN(C)CC1(CNC2CC2)CCCCCC1. The van der Waals surface area contributed by atoms with Crippen LogP contribution in [0.4, 0.5) is 0 Å². The fourth-order valence-corrected chi connectivity index (χ4v) is 3.58. The molecule has 2 fully saturated rings. The van der Waals surface area contributed by atoms with Crippen LogP contribution in [0, 0.1) is 5.41 Å². The zero-order chi connectivity index (χ0) is 14.4. The Bertz CT molecular complexity index is 268. The molecular formula is C17H34N2O. The molecule has 3 heteroatoms. The molecule has 3 nitrogen and oxygen atoms in total. The largest absolute Gasteiger partial charge is 0.393 e. The maximum Gasteiger partial charge on any atom is 0.0524 e. The van der Waals surface area contributed by atoms with Gasteiger partial charge in [-0.2, -0.15) is 0 Å². The molecule has 0 spiro atoms. The second kappa shape index (κ2) is 7.77. The number of rotatable bonds is 8. The van der Waals surface area contributed by atoms with Crippen molar-refractivity contribution in [1.82, 2.24) is 10.2 Å². The predicted molar refractivity (Wildman–Crippen MR) is 85.0 cm³/mol. The van der Waals surface area contributed by atoms with Crippen molar-refractivity contribution < 1.29 is 5.11 Å². The minimum Gasteiger partial charge on any atom is -0.393 e. The lowest BCUT2D eigenvalue weighted by atomic mass is 9.79. The summed E-state index contributed by atoms with van der Waals surface area (Å²) in [7, 11) is 2.23. The van der Waals surface area contributed by atoms with E-state index < -0.39 is 0 Å². The third kappa shape index (κ3) is 5.71. The summed E-state index contributed by atoms with van der Waals surface area (Å²) in [5.74, 6) is 0. The fraction of sp³-hybridized carbons (Fsp3) is 1.00. The lowest BCUT2D eigenvalue weighted by Gasteiger charge is -2.37. The lowest BCUT2D eigenvalue weighted by molar-refractivity contribution is 0.120. The number of aliphatic hydroxyl groups excluding tert-OH is 1. The number of nitrogens with one attached hydrogen (secondary N) is 1. The third-order valence-corrected chi connectivity index (χ3v) is 5.04. The zero-order valence-electron chi connectivity index (χ0n) is 13.5. The molecule has 118 valence electrons. The Balaban J connectivity index is 1.85. The topological polar surface area (TPSA) is 35.5 Å². The minimum absolute atomic E-state index is 0.174. The van der Waals surface area contributed by atoms with Crippen LogP contribution in [-0.4, -0.2) is 48.8 Å². The molecule has 0 bridgehead atoms. The molecule has 0 saturated heterocycles. The van der Waals surface area contributed by atoms with Crippen LogP contribution in [0.1, 0.15) is 64.7 Å². The van der Waals surface area contributed by atoms with Crippen LogP contribution in [0.5, 0.6) is 0 Å². The standard InChI is InChI=1S/C17H34N2O/c1-15(20)9-12-19(2)14-17(13-18-16-7-8-16)10-5-3-4-6-11-17/h15-16,18,20H,3-14H2,1-2H3. The second-order valence-corrected chi connectivity index (χ2v) is 7.44. The molecule has 20 heavy (non-hydrogen) atoms. The number of hydrogen-bond donors (Lipinski definition) is 2. The Labute approximate surface area is 125 Å². The van der Waals surface area contributed by atoms with Gasteiger partial charge in [0.1, 0.15) is 0 Å². The van der Waals surface area contributed by atoms with E-state index in [1.54, 1.807) is 0 Å². The molecule has 1 atom stereocenters. The van der Waals surface area contributed by atoms with Crippen molar-refractivity contribution in [2.75, 3.05) is 26.7 Å². The van der Waals surface area contributed by atoms with E-state index in [-0.39, 0.29) is 6.10 Å². The van der Waals surface area contributed by atoms with Gasteiger partial charge in [0.25, 0.3) is 0 Å². The van der Waals surface area contributed by atoms with Crippen LogP contribution >= 0.6 is 0 Å². The fourth-order valence-electron chi connectivity index (χ4n) is 3.58. The summed E-state index contributed by atoms with van der Waals surface area (Å²) in [6, 6.07) is 0.817. The van der Waals surface area contributed by atoms with Gasteiger partial charge < -0.3 is 15.3 Å². The maximum absolute atomic E-state index is 9.46. The average Bonchev–Trinajstić information content (AvgIpc) is 3.22. The number of nitrogens with zero attached hydrogens (tertiary/aromatic N) is 1. The van der Waals surface area contributed by atoms with E-state index in [2.05, 4.69) is 17.3 Å². The zero-order valence-corrected chi connectivity index (χ0v) is 13.5. The Morgan fingerprint density at radius 1 is 1.20 bits per heavy atom. The molecule has 0 aromatic carbocycles. The van der Waals surface area contributed by atoms with E-state index in [0.29, 0.717) is 5.41 Å². The highest BCUT2D eigenvalue weighted by molar-refractivity contribution is 4.90. The van der Waals surface area contributed by atoms with Gasteiger partial charge in [0, 0.05) is 25.7 Å². The van der Waals surface area contributed by atoms with Gasteiger partial charge in [-0.05, 0) is 51.5 Å². The van der Waals surface area contributed by atoms with Crippen LogP contribution in [0.2, 0.25) is 0 Å². The van der Waals surface area contributed by atoms with Gasteiger partial charge in [0.2, 0.25) is 0 Å². The molecule has 2 rings (SSSR count). The van der Waals surface area contributed by atoms with Crippen molar-refractivity contribution >= 4 is 0 Å². The normalized spacial score (nSPS) is 24.6. The minimum atomic E-state index is -0.174. The van der Waals surface area contributed by atoms with E-state index in [4.69, 9.17) is 0 Å². The highest BCUT2D eigenvalue weighted by Gasteiger charge is 2.34. The molecule has 0 radical (unpaired) electrons. The van der Waals surface area contributed by atoms with Gasteiger partial charge in [-0.15, -0.1) is 0 Å². The number of hydrogen-bond acceptors (Lipinski definition) is 3. The van der Waals surface area contributed by atoms with E-state index >= 15 is 0 Å². The van der Waals surface area contributed by atoms with Crippen molar-refractivity contribution in [3.05, 3.63) is 0 Å². The Morgan fingerprint density at radius 3 is 2.40 bits per heavy atom. The van der Waals surface area contributed by atoms with Gasteiger partial charge in [0.15, 0.2) is 0 Å². The molecule has 0 aliphatic heterocycles. The summed E-state index contributed by atoms with van der Waals surface area (Å²) in [5.41, 5.74) is 0.479. The van der Waals surface area contributed by atoms with Crippen molar-refractivity contribution in [1.29, 1.82) is 0 Å². The van der Waals surface area contributed by atoms with Crippen LogP contribution in [0.25, 0.3) is 0 Å². The first kappa shape index (κ1) is 16.3. The highest BCUT2D eigenvalue weighted by Crippen LogP contribution is 2.36. The van der Waals surface area contributed by atoms with Crippen molar-refractivity contribution in [3.63, 3.8) is 0 Å². The summed E-state index contributed by atoms with van der Waals surface area (Å²) in [5, 5.41) is 13.3. The molecule has 0 heterocycles. The quantitative estimate of drug-likeness (QED) is 0.672. The second-order valence-electron chi connectivity index (χ2n) is 7.44. The molecule has 1 unspecified atom stereocenters. The van der Waals surface area contributed by atoms with Crippen molar-refractivity contribution in [2.24, 2.45) is 5.41 Å². The summed E-state index contributed by atoms with van der Waals surface area (Å²) in [4.78, 5) is 2.45. The molecule has 0 aromatic heterocycles. The molecule has 2 aliphatic rings. The Kier molecular flexibility index (Phi) is 6.31. The maximum atomic E-state index is 9.46. The average molecular weight is 282 g/mol. The van der Waals surface area contributed by atoms with E-state index in [0.717, 1.165) is 19.0 Å². The molecule has 2 saturated carbocycles. The highest BCUT2D eigenvalue weighted by atomic mass is 16.3. The molecule has 0 aromatic rings. The summed E-state index contributed by atoms with van der Waals surface area (Å²) in [6.07, 6.45) is 11.9. The molecule has 2 N–H and O–H groups in total. The molecular weight excluding hydrogens is 248 g/mol. The first-order chi connectivity index (χ1) is 9.60. The van der Waals surface area contributed by atoms with E-state index in [9.17, 15) is 5.11 Å². The van der Waals surface area contributed by atoms with Crippen LogP contribution in [0.3, 0.4) is 0 Å². The van der Waals surface area contributed by atoms with Crippen LogP contribution in [0.15, 0.2) is 0 Å². The van der Waals surface area contributed by atoms with Crippen LogP contribution in [-0.2, 0) is 0 Å². The van der Waals surface area contributed by atoms with Gasteiger partial charge in [0.05, 0.1) is 6.10 Å². The van der Waals surface area contributed by atoms with E-state index in [1.807, 2.05) is 6.92 Å². The summed E-state index contributed by atoms with van der Waals surface area (Å²) in [6.45, 7) is 5.31. The summed E-state index contributed by atoms with van der Waals surface area (Å²) >= 11 is 0. The number of aliphatic hydroxyl groups is 1. The monoisotopic (exact) mass is 282 g/mol. The van der Waals surface area contributed by atoms with Gasteiger partial charge in [-0.3, -0.25) is 0 Å². The molecule has 0 amide bonds. The van der Waals surface area contributed by atoms with Crippen molar-refractivity contribution in [3.8, 4) is 0 Å². The summed E-state index contributed by atoms with van der Waals surface area (Å²) < 4.78 is 0. The Morgan fingerprint density at radius 2 is 1.85 bits per heavy atom. The molecule has 2 aliphatic carbocycles.